The standard InChI is InChI=1S/C22H21N3O5S/c1-30-19-8-10-20(11-9-19)31(28,29)25(16-22(23)26)21-5-3-2-4-18(21)7-6-17-12-14-24(27)15-13-17/h2-15H,16H2,1H3,(H2,23,26)/b7-6+. The molecule has 0 saturated heterocycles. The smallest absolute Gasteiger partial charge is 0.264 e. The van der Waals surface area contributed by atoms with E-state index in [0.29, 0.717) is 21.7 Å². The minimum absolute atomic E-state index is 0.00334. The van der Waals surface area contributed by atoms with E-state index in [2.05, 4.69) is 0 Å². The van der Waals surface area contributed by atoms with Gasteiger partial charge in [0.1, 0.15) is 12.3 Å². The maximum atomic E-state index is 13.3. The summed E-state index contributed by atoms with van der Waals surface area (Å²) >= 11 is 0. The van der Waals surface area contributed by atoms with Crippen LogP contribution in [0, 0.1) is 5.21 Å². The number of carbonyl (C=O) groups is 1. The number of hydrogen-bond acceptors (Lipinski definition) is 5. The second-order valence-corrected chi connectivity index (χ2v) is 8.40. The first-order valence-electron chi connectivity index (χ1n) is 9.22. The van der Waals surface area contributed by atoms with Crippen LogP contribution in [-0.2, 0) is 14.8 Å². The first kappa shape index (κ1) is 21.8. The number of hydrogen-bond donors (Lipinski definition) is 1. The average Bonchev–Trinajstić information content (AvgIpc) is 2.77. The topological polar surface area (TPSA) is 117 Å². The van der Waals surface area contributed by atoms with Crippen molar-refractivity contribution in [2.24, 2.45) is 5.73 Å². The number of nitrogens with zero attached hydrogens (tertiary/aromatic N) is 2. The van der Waals surface area contributed by atoms with Crippen molar-refractivity contribution in [3.63, 3.8) is 0 Å². The van der Waals surface area contributed by atoms with Gasteiger partial charge in [0.05, 0.1) is 17.7 Å². The molecular weight excluding hydrogens is 418 g/mol. The quantitative estimate of drug-likeness (QED) is 0.426. The Morgan fingerprint density at radius 3 is 2.32 bits per heavy atom. The Morgan fingerprint density at radius 2 is 1.71 bits per heavy atom. The van der Waals surface area contributed by atoms with Crippen LogP contribution in [0.2, 0.25) is 0 Å². The van der Waals surface area contributed by atoms with Gasteiger partial charge in [-0.25, -0.2) is 8.42 Å². The Bertz CT molecular complexity index is 1190. The summed E-state index contributed by atoms with van der Waals surface area (Å²) in [7, 11) is -2.61. The van der Waals surface area contributed by atoms with Gasteiger partial charge < -0.3 is 15.7 Å². The second-order valence-electron chi connectivity index (χ2n) is 6.54. The highest BCUT2D eigenvalue weighted by atomic mass is 32.2. The van der Waals surface area contributed by atoms with Crippen LogP contribution in [0.15, 0.2) is 78.0 Å². The third-order valence-corrected chi connectivity index (χ3v) is 6.21. The van der Waals surface area contributed by atoms with E-state index in [-0.39, 0.29) is 4.90 Å². The molecular formula is C22H21N3O5S. The van der Waals surface area contributed by atoms with E-state index in [4.69, 9.17) is 10.5 Å². The number of aromatic nitrogens is 1. The monoisotopic (exact) mass is 439 g/mol. The molecule has 1 amide bonds. The number of anilines is 1. The predicted molar refractivity (Wildman–Crippen MR) is 117 cm³/mol. The van der Waals surface area contributed by atoms with Crippen molar-refractivity contribution >= 4 is 33.8 Å². The van der Waals surface area contributed by atoms with Crippen molar-refractivity contribution in [3.8, 4) is 5.75 Å². The molecule has 3 aromatic rings. The molecule has 0 unspecified atom stereocenters. The van der Waals surface area contributed by atoms with Crippen LogP contribution in [0.3, 0.4) is 0 Å². The lowest BCUT2D eigenvalue weighted by molar-refractivity contribution is -0.605. The summed E-state index contributed by atoms with van der Waals surface area (Å²) in [6.07, 6.45) is 6.16. The van der Waals surface area contributed by atoms with Gasteiger partial charge in [0, 0.05) is 12.1 Å². The largest absolute Gasteiger partial charge is 0.619 e. The first-order chi connectivity index (χ1) is 14.8. The fourth-order valence-corrected chi connectivity index (χ4v) is 4.35. The van der Waals surface area contributed by atoms with Crippen LogP contribution in [0.1, 0.15) is 11.1 Å². The molecule has 9 heteroatoms. The summed E-state index contributed by atoms with van der Waals surface area (Å²) in [5, 5.41) is 11.2. The normalized spacial score (nSPS) is 11.4. The van der Waals surface area contributed by atoms with Gasteiger partial charge in [-0.15, -0.1) is 0 Å². The lowest BCUT2D eigenvalue weighted by atomic mass is 10.1. The predicted octanol–water partition coefficient (Wildman–Crippen LogP) is 2.18. The van der Waals surface area contributed by atoms with E-state index in [1.54, 1.807) is 48.6 Å². The Morgan fingerprint density at radius 1 is 1.06 bits per heavy atom. The van der Waals surface area contributed by atoms with Gasteiger partial charge in [-0.05, 0) is 41.5 Å². The van der Waals surface area contributed by atoms with Crippen LogP contribution >= 0.6 is 0 Å². The number of nitrogens with two attached hydrogens (primary N) is 1. The highest BCUT2D eigenvalue weighted by Gasteiger charge is 2.27. The van der Waals surface area contributed by atoms with Crippen molar-refractivity contribution < 1.29 is 22.7 Å². The Kier molecular flexibility index (Phi) is 6.56. The second kappa shape index (κ2) is 9.31. The highest BCUT2D eigenvalue weighted by molar-refractivity contribution is 7.92. The zero-order valence-corrected chi connectivity index (χ0v) is 17.5. The fourth-order valence-electron chi connectivity index (χ4n) is 2.89. The molecule has 0 aliphatic heterocycles. The molecule has 1 aromatic heterocycles. The van der Waals surface area contributed by atoms with E-state index >= 15 is 0 Å². The number of ether oxygens (including phenoxy) is 1. The van der Waals surface area contributed by atoms with Gasteiger partial charge in [0.2, 0.25) is 5.91 Å². The van der Waals surface area contributed by atoms with Crippen molar-refractivity contribution in [1.29, 1.82) is 0 Å². The van der Waals surface area contributed by atoms with E-state index in [1.165, 1.54) is 43.8 Å². The molecule has 0 fully saturated rings. The molecule has 31 heavy (non-hydrogen) atoms. The van der Waals surface area contributed by atoms with Gasteiger partial charge in [0.15, 0.2) is 12.4 Å². The third kappa shape index (κ3) is 5.20. The average molecular weight is 439 g/mol. The van der Waals surface area contributed by atoms with Gasteiger partial charge >= 0.3 is 0 Å². The minimum Gasteiger partial charge on any atom is -0.619 e. The SMILES string of the molecule is COc1ccc(S(=O)(=O)N(CC(N)=O)c2ccccc2/C=C/c2cc[n+]([O-])cc2)cc1. The van der Waals surface area contributed by atoms with Crippen LogP contribution in [0.4, 0.5) is 5.69 Å². The summed E-state index contributed by atoms with van der Waals surface area (Å²) in [5.74, 6) is -0.287. The first-order valence-corrected chi connectivity index (χ1v) is 10.7. The molecule has 1 heterocycles. The number of para-hydroxylation sites is 1. The van der Waals surface area contributed by atoms with Gasteiger partial charge in [-0.1, -0.05) is 30.4 Å². The molecule has 160 valence electrons. The van der Waals surface area contributed by atoms with Crippen LogP contribution in [0.25, 0.3) is 12.2 Å². The summed E-state index contributed by atoms with van der Waals surface area (Å²) in [4.78, 5) is 11.7. The van der Waals surface area contributed by atoms with Crippen molar-refractivity contribution in [3.05, 3.63) is 89.4 Å². The molecule has 0 spiro atoms. The van der Waals surface area contributed by atoms with Gasteiger partial charge in [-0.2, -0.15) is 4.73 Å². The maximum absolute atomic E-state index is 13.3. The Balaban J connectivity index is 2.04. The third-order valence-electron chi connectivity index (χ3n) is 4.44. The number of rotatable bonds is 8. The van der Waals surface area contributed by atoms with Crippen LogP contribution < -0.4 is 19.5 Å². The molecule has 8 nitrogen and oxygen atoms in total. The van der Waals surface area contributed by atoms with Crippen molar-refractivity contribution in [1.82, 2.24) is 0 Å². The van der Waals surface area contributed by atoms with Gasteiger partial charge in [-0.3, -0.25) is 9.10 Å². The van der Waals surface area contributed by atoms with Crippen LogP contribution in [0.5, 0.6) is 5.75 Å². The van der Waals surface area contributed by atoms with E-state index in [0.717, 1.165) is 9.87 Å². The summed E-state index contributed by atoms with van der Waals surface area (Å²) < 4.78 is 33.4. The minimum atomic E-state index is -4.09. The van der Waals surface area contributed by atoms with Gasteiger partial charge in [0.25, 0.3) is 10.0 Å². The zero-order valence-electron chi connectivity index (χ0n) is 16.7. The lowest BCUT2D eigenvalue weighted by Crippen LogP contribution is -2.39. The number of benzene rings is 2. The molecule has 0 bridgehead atoms. The molecule has 2 N–H and O–H groups in total. The summed E-state index contributed by atoms with van der Waals surface area (Å²) in [5.41, 5.74) is 6.97. The molecule has 3 rings (SSSR count). The number of methoxy groups -OCH3 is 1. The highest BCUT2D eigenvalue weighted by Crippen LogP contribution is 2.29. The molecule has 0 atom stereocenters. The lowest BCUT2D eigenvalue weighted by Gasteiger charge is -2.25. The Hall–Kier alpha value is -3.85. The number of primary amides is 1. The van der Waals surface area contributed by atoms with E-state index in [9.17, 15) is 18.4 Å². The Labute approximate surface area is 180 Å². The van der Waals surface area contributed by atoms with Crippen LogP contribution in [-0.4, -0.2) is 28.0 Å². The molecule has 0 aliphatic carbocycles. The maximum Gasteiger partial charge on any atom is 0.264 e. The van der Waals surface area contributed by atoms with E-state index in [1.807, 2.05) is 0 Å². The summed E-state index contributed by atoms with van der Waals surface area (Å²) in [6.45, 7) is -0.527. The molecule has 2 aromatic carbocycles. The zero-order chi connectivity index (χ0) is 22.4. The fraction of sp³-hybridized carbons (Fsp3) is 0.0909. The number of amides is 1. The number of pyridine rings is 1. The summed E-state index contributed by atoms with van der Waals surface area (Å²) in [6, 6.07) is 15.9. The van der Waals surface area contributed by atoms with E-state index < -0.39 is 22.5 Å². The molecule has 0 aliphatic rings. The molecule has 0 saturated carbocycles. The van der Waals surface area contributed by atoms with Crippen molar-refractivity contribution in [2.75, 3.05) is 18.0 Å². The van der Waals surface area contributed by atoms with Crippen molar-refractivity contribution in [2.45, 2.75) is 4.90 Å². The number of carbonyl (C=O) groups excluding carboxylic acids is 1. The molecule has 0 radical (unpaired) electrons. The number of sulfonamides is 1.